The molecule has 8 heteroatoms. The first-order valence-electron chi connectivity index (χ1n) is 11.7. The number of carbonyl (C=O) groups is 2. The minimum absolute atomic E-state index is 0.0667. The number of carbonyl (C=O) groups excluding carboxylic acids is 2. The summed E-state index contributed by atoms with van der Waals surface area (Å²) in [6, 6.07) is 9.64. The summed E-state index contributed by atoms with van der Waals surface area (Å²) in [7, 11) is 0. The van der Waals surface area contributed by atoms with Gasteiger partial charge in [-0.25, -0.2) is 0 Å². The molecule has 0 radical (unpaired) electrons. The van der Waals surface area contributed by atoms with E-state index in [0.717, 1.165) is 12.0 Å². The van der Waals surface area contributed by atoms with Gasteiger partial charge in [-0.2, -0.15) is 5.26 Å². The van der Waals surface area contributed by atoms with Gasteiger partial charge in [0.1, 0.15) is 12.1 Å². The van der Waals surface area contributed by atoms with Gasteiger partial charge in [-0.3, -0.25) is 24.4 Å². The molecule has 34 heavy (non-hydrogen) atoms. The molecule has 0 bridgehead atoms. The zero-order chi connectivity index (χ0) is 24.5. The highest BCUT2D eigenvalue weighted by atomic mass is 16.3. The molecule has 0 saturated carbocycles. The van der Waals surface area contributed by atoms with Crippen LogP contribution in [0.25, 0.3) is 0 Å². The van der Waals surface area contributed by atoms with Gasteiger partial charge >= 0.3 is 0 Å². The van der Waals surface area contributed by atoms with Gasteiger partial charge in [-0.05, 0) is 42.0 Å². The van der Waals surface area contributed by atoms with Crippen LogP contribution in [-0.4, -0.2) is 63.5 Å². The number of amides is 2. The molecular weight excluding hydrogens is 430 g/mol. The van der Waals surface area contributed by atoms with E-state index in [1.807, 2.05) is 24.3 Å². The topological polar surface area (TPSA) is 101 Å². The lowest BCUT2D eigenvalue weighted by Gasteiger charge is -2.42. The molecule has 2 amide bonds. The number of hydrogen-bond acceptors (Lipinski definition) is 6. The maximum Gasteiger partial charge on any atom is 0.251 e. The first kappa shape index (κ1) is 23.7. The number of pyridine rings is 1. The average Bonchev–Trinajstić information content (AvgIpc) is 3.29. The van der Waals surface area contributed by atoms with Crippen LogP contribution in [0.1, 0.15) is 50.8 Å². The van der Waals surface area contributed by atoms with Crippen LogP contribution in [0.15, 0.2) is 48.8 Å². The van der Waals surface area contributed by atoms with Gasteiger partial charge in [0.2, 0.25) is 0 Å². The second kappa shape index (κ2) is 9.43. The van der Waals surface area contributed by atoms with Gasteiger partial charge < -0.3 is 10.0 Å². The van der Waals surface area contributed by atoms with E-state index in [0.29, 0.717) is 24.2 Å². The van der Waals surface area contributed by atoms with Crippen molar-refractivity contribution in [2.24, 2.45) is 0 Å². The molecule has 2 aromatic rings. The third-order valence-corrected chi connectivity index (χ3v) is 6.58. The van der Waals surface area contributed by atoms with Gasteiger partial charge in [-0.15, -0.1) is 0 Å². The maximum atomic E-state index is 14.0. The Morgan fingerprint density at radius 1 is 1.21 bits per heavy atom. The van der Waals surface area contributed by atoms with Crippen molar-refractivity contribution in [1.29, 1.82) is 5.26 Å². The van der Waals surface area contributed by atoms with Crippen molar-refractivity contribution in [3.05, 3.63) is 59.9 Å². The third-order valence-electron chi connectivity index (χ3n) is 6.58. The summed E-state index contributed by atoms with van der Waals surface area (Å²) in [4.78, 5) is 36.5. The number of aliphatic hydroxyl groups excluding tert-OH is 1. The second-order valence-electron chi connectivity index (χ2n) is 10.0. The number of nitrogens with zero attached hydrogens (tertiary/aromatic N) is 5. The minimum Gasteiger partial charge on any atom is -0.389 e. The van der Waals surface area contributed by atoms with Crippen LogP contribution >= 0.6 is 0 Å². The standard InChI is InChI=1S/C26H31N5O3/c1-26(2,3)19-8-10-20(11-9-19)31(24(33)22-7-5-13-29(22)17-27)23(18-6-4-12-28-14-18)25(34)30-15-21(32)16-30/h4,6,8-12,14,21-23,32H,5,7,13,15-16H2,1-3H3/t22-,23?/m1/s1. The average molecular weight is 462 g/mol. The number of aliphatic hydroxyl groups is 1. The molecule has 1 aromatic carbocycles. The number of rotatable bonds is 5. The fourth-order valence-corrected chi connectivity index (χ4v) is 4.58. The van der Waals surface area contributed by atoms with Crippen molar-refractivity contribution in [3.8, 4) is 6.19 Å². The number of benzene rings is 1. The summed E-state index contributed by atoms with van der Waals surface area (Å²) in [5.41, 5.74) is 2.22. The highest BCUT2D eigenvalue weighted by Gasteiger charge is 2.43. The van der Waals surface area contributed by atoms with E-state index in [1.54, 1.807) is 29.4 Å². The molecule has 1 N–H and O–H groups in total. The fraction of sp³-hybridized carbons (Fsp3) is 0.462. The highest BCUT2D eigenvalue weighted by Crippen LogP contribution is 2.34. The molecule has 0 aliphatic carbocycles. The number of likely N-dealkylation sites (tertiary alicyclic amines) is 2. The number of anilines is 1. The minimum atomic E-state index is -0.949. The molecule has 2 aliphatic heterocycles. The molecule has 3 heterocycles. The van der Waals surface area contributed by atoms with Crippen molar-refractivity contribution >= 4 is 17.5 Å². The van der Waals surface area contributed by atoms with Crippen LogP contribution in [0.4, 0.5) is 5.69 Å². The Bertz CT molecular complexity index is 1070. The monoisotopic (exact) mass is 461 g/mol. The summed E-state index contributed by atoms with van der Waals surface area (Å²) >= 11 is 0. The molecule has 1 unspecified atom stereocenters. The zero-order valence-electron chi connectivity index (χ0n) is 19.9. The van der Waals surface area contributed by atoms with E-state index in [2.05, 4.69) is 31.9 Å². The zero-order valence-corrected chi connectivity index (χ0v) is 19.9. The van der Waals surface area contributed by atoms with E-state index < -0.39 is 18.2 Å². The summed E-state index contributed by atoms with van der Waals surface area (Å²) in [6.07, 6.45) is 6.09. The van der Waals surface area contributed by atoms with Crippen LogP contribution in [0.2, 0.25) is 0 Å². The molecule has 0 spiro atoms. The largest absolute Gasteiger partial charge is 0.389 e. The van der Waals surface area contributed by atoms with Crippen LogP contribution in [-0.2, 0) is 15.0 Å². The number of hydrogen-bond donors (Lipinski definition) is 1. The van der Waals surface area contributed by atoms with E-state index in [1.165, 1.54) is 9.80 Å². The molecule has 4 rings (SSSR count). The van der Waals surface area contributed by atoms with Crippen molar-refractivity contribution in [2.75, 3.05) is 24.5 Å². The fourth-order valence-electron chi connectivity index (χ4n) is 4.58. The quantitative estimate of drug-likeness (QED) is 0.687. The van der Waals surface area contributed by atoms with Gasteiger partial charge in [-0.1, -0.05) is 39.0 Å². The van der Waals surface area contributed by atoms with Gasteiger partial charge in [0, 0.05) is 43.3 Å². The Morgan fingerprint density at radius 2 is 1.91 bits per heavy atom. The van der Waals surface area contributed by atoms with E-state index in [-0.39, 0.29) is 30.3 Å². The number of nitriles is 1. The first-order chi connectivity index (χ1) is 16.2. The lowest BCUT2D eigenvalue weighted by Crippen LogP contribution is -2.58. The van der Waals surface area contributed by atoms with Crippen LogP contribution in [0.3, 0.4) is 0 Å². The smallest absolute Gasteiger partial charge is 0.251 e. The van der Waals surface area contributed by atoms with Gasteiger partial charge in [0.15, 0.2) is 6.19 Å². The van der Waals surface area contributed by atoms with Crippen LogP contribution < -0.4 is 4.90 Å². The first-order valence-corrected chi connectivity index (χ1v) is 11.7. The molecule has 1 aromatic heterocycles. The second-order valence-corrected chi connectivity index (χ2v) is 10.0. The van der Waals surface area contributed by atoms with Crippen LogP contribution in [0, 0.1) is 11.5 Å². The maximum absolute atomic E-state index is 14.0. The molecular formula is C26H31N5O3. The molecule has 2 aliphatic rings. The normalized spacial score (nSPS) is 19.3. The molecule has 178 valence electrons. The van der Waals surface area contributed by atoms with Crippen molar-refractivity contribution < 1.29 is 14.7 Å². The van der Waals surface area contributed by atoms with Gasteiger partial charge in [0.25, 0.3) is 11.8 Å². The Morgan fingerprint density at radius 3 is 2.47 bits per heavy atom. The van der Waals surface area contributed by atoms with E-state index in [9.17, 15) is 20.0 Å². The lowest BCUT2D eigenvalue weighted by molar-refractivity contribution is -0.144. The summed E-state index contributed by atoms with van der Waals surface area (Å²) in [6.45, 7) is 7.33. The molecule has 2 fully saturated rings. The Balaban J connectivity index is 1.81. The van der Waals surface area contributed by atoms with Crippen molar-refractivity contribution in [2.45, 2.75) is 57.2 Å². The van der Waals surface area contributed by atoms with Crippen LogP contribution in [0.5, 0.6) is 0 Å². The predicted molar refractivity (Wildman–Crippen MR) is 128 cm³/mol. The Hall–Kier alpha value is -3.44. The van der Waals surface area contributed by atoms with E-state index in [4.69, 9.17) is 0 Å². The van der Waals surface area contributed by atoms with E-state index >= 15 is 0 Å². The van der Waals surface area contributed by atoms with Crippen molar-refractivity contribution in [3.63, 3.8) is 0 Å². The highest BCUT2D eigenvalue weighted by molar-refractivity contribution is 6.04. The molecule has 2 saturated heterocycles. The summed E-state index contributed by atoms with van der Waals surface area (Å²) in [5.74, 6) is -0.557. The SMILES string of the molecule is CC(C)(C)c1ccc(N(C(=O)[C@H]2CCCN2C#N)C(C(=O)N2CC(O)C2)c2cccnc2)cc1. The number of β-amino-alcohol motifs (C(OH)–C–C–N with tert-alkyl or cyclic N) is 1. The van der Waals surface area contributed by atoms with Gasteiger partial charge in [0.05, 0.1) is 6.10 Å². The van der Waals surface area contributed by atoms with Crippen molar-refractivity contribution in [1.82, 2.24) is 14.8 Å². The Kier molecular flexibility index (Phi) is 6.58. The summed E-state index contributed by atoms with van der Waals surface area (Å²) < 4.78 is 0. The predicted octanol–water partition coefficient (Wildman–Crippen LogP) is 2.60. The third kappa shape index (κ3) is 4.62. The lowest BCUT2D eigenvalue weighted by atomic mass is 9.87. The molecule has 8 nitrogen and oxygen atoms in total. The number of aromatic nitrogens is 1. The summed E-state index contributed by atoms with van der Waals surface area (Å²) in [5, 5.41) is 19.4. The Labute approximate surface area is 200 Å². The molecule has 2 atom stereocenters.